The molecule has 3 amide bonds. The SMILES string of the molecule is CN1C(=O)C=C[C@@]2(C)C1CC[C@@H]1[C@H]2CC[C@]2(C)C(NC(=O)Nc3ccc(F)c(F)c3)CC[C@@H]12. The number of anilines is 1. The van der Waals surface area contributed by atoms with Gasteiger partial charge in [-0.05, 0) is 79.9 Å². The van der Waals surface area contributed by atoms with Crippen molar-refractivity contribution in [1.29, 1.82) is 0 Å². The number of nitrogens with zero attached hydrogens (tertiary/aromatic N) is 1. The highest BCUT2D eigenvalue weighted by atomic mass is 19.2. The lowest BCUT2D eigenvalue weighted by Crippen LogP contribution is -2.60. The number of carbonyl (C=O) groups is 2. The molecule has 33 heavy (non-hydrogen) atoms. The zero-order valence-electron chi connectivity index (χ0n) is 19.5. The molecule has 3 saturated carbocycles. The van der Waals surface area contributed by atoms with Crippen molar-refractivity contribution in [3.63, 3.8) is 0 Å². The molecule has 3 fully saturated rings. The summed E-state index contributed by atoms with van der Waals surface area (Å²) in [6.07, 6.45) is 10.2. The second-order valence-corrected chi connectivity index (χ2v) is 11.0. The first-order valence-electron chi connectivity index (χ1n) is 12.1. The van der Waals surface area contributed by atoms with Crippen LogP contribution >= 0.6 is 0 Å². The molecule has 1 heterocycles. The Morgan fingerprint density at radius 3 is 2.61 bits per heavy atom. The van der Waals surface area contributed by atoms with Crippen molar-refractivity contribution in [2.45, 2.75) is 64.5 Å². The van der Waals surface area contributed by atoms with E-state index < -0.39 is 11.6 Å². The Labute approximate surface area is 194 Å². The van der Waals surface area contributed by atoms with Crippen molar-refractivity contribution in [2.75, 3.05) is 12.4 Å². The van der Waals surface area contributed by atoms with Gasteiger partial charge in [-0.3, -0.25) is 4.79 Å². The third-order valence-electron chi connectivity index (χ3n) is 9.61. The fourth-order valence-corrected chi connectivity index (χ4v) is 7.87. The minimum Gasteiger partial charge on any atom is -0.338 e. The minimum absolute atomic E-state index is 0.00243. The van der Waals surface area contributed by atoms with Gasteiger partial charge in [0.15, 0.2) is 11.6 Å². The molecule has 1 aliphatic heterocycles. The van der Waals surface area contributed by atoms with Crippen LogP contribution in [-0.4, -0.2) is 36.0 Å². The average molecular weight is 458 g/mol. The van der Waals surface area contributed by atoms with E-state index in [2.05, 4.69) is 30.6 Å². The molecule has 0 radical (unpaired) electrons. The van der Waals surface area contributed by atoms with Gasteiger partial charge in [0.2, 0.25) is 5.91 Å². The first-order valence-corrected chi connectivity index (χ1v) is 12.1. The highest BCUT2D eigenvalue weighted by Crippen LogP contribution is 2.63. The molecule has 0 aromatic heterocycles. The lowest BCUT2D eigenvalue weighted by atomic mass is 9.48. The number of amides is 3. The Morgan fingerprint density at radius 2 is 1.85 bits per heavy atom. The standard InChI is InChI=1S/C26H33F2N3O2/c1-25-12-10-18-16(5-9-22-26(18,2)13-11-23(32)31(22)3)17(25)6-8-21(25)30-24(33)29-15-4-7-19(27)20(28)14-15/h4,7,11,13-14,16-18,21-22H,5-6,8-10,12H2,1-3H3,(H2,29,30,33)/t16-,17-,18+,21?,22?,25-,26+/m0/s1. The maximum atomic E-state index is 13.5. The highest BCUT2D eigenvalue weighted by Gasteiger charge is 2.60. The summed E-state index contributed by atoms with van der Waals surface area (Å²) in [6.45, 7) is 4.64. The summed E-state index contributed by atoms with van der Waals surface area (Å²) < 4.78 is 26.7. The third-order valence-corrected chi connectivity index (χ3v) is 9.61. The number of likely N-dealkylation sites (N-methyl/N-ethyl adjacent to an activating group) is 1. The van der Waals surface area contributed by atoms with Gasteiger partial charge in [0.25, 0.3) is 0 Å². The highest BCUT2D eigenvalue weighted by molar-refractivity contribution is 5.89. The second kappa shape index (κ2) is 7.81. The van der Waals surface area contributed by atoms with E-state index in [9.17, 15) is 18.4 Å². The minimum atomic E-state index is -0.979. The van der Waals surface area contributed by atoms with E-state index in [1.165, 1.54) is 6.07 Å². The summed E-state index contributed by atoms with van der Waals surface area (Å²) in [6, 6.07) is 3.31. The Balaban J connectivity index is 1.30. The van der Waals surface area contributed by atoms with Crippen molar-refractivity contribution in [3.05, 3.63) is 42.0 Å². The summed E-state index contributed by atoms with van der Waals surface area (Å²) in [4.78, 5) is 26.9. The lowest BCUT2D eigenvalue weighted by molar-refractivity contribution is -0.138. The predicted molar refractivity (Wildman–Crippen MR) is 122 cm³/mol. The molecule has 4 aliphatic rings. The maximum Gasteiger partial charge on any atom is 0.319 e. The van der Waals surface area contributed by atoms with E-state index in [0.717, 1.165) is 50.7 Å². The van der Waals surface area contributed by atoms with Crippen LogP contribution in [0.15, 0.2) is 30.4 Å². The van der Waals surface area contributed by atoms with Crippen LogP contribution in [0, 0.1) is 40.2 Å². The molecule has 2 unspecified atom stereocenters. The molecule has 0 bridgehead atoms. The van der Waals surface area contributed by atoms with Crippen LogP contribution < -0.4 is 10.6 Å². The molecular formula is C26H33F2N3O2. The third kappa shape index (κ3) is 3.46. The van der Waals surface area contributed by atoms with E-state index in [0.29, 0.717) is 17.8 Å². The molecule has 0 saturated heterocycles. The molecule has 0 spiro atoms. The normalized spacial score (nSPS) is 39.5. The van der Waals surface area contributed by atoms with Crippen molar-refractivity contribution < 1.29 is 18.4 Å². The van der Waals surface area contributed by atoms with E-state index in [4.69, 9.17) is 0 Å². The zero-order valence-corrected chi connectivity index (χ0v) is 19.5. The Bertz CT molecular complexity index is 1010. The summed E-state index contributed by atoms with van der Waals surface area (Å²) in [7, 11) is 1.93. The zero-order chi connectivity index (χ0) is 23.5. The quantitative estimate of drug-likeness (QED) is 0.650. The van der Waals surface area contributed by atoms with Crippen LogP contribution in [0.3, 0.4) is 0 Å². The van der Waals surface area contributed by atoms with Crippen molar-refractivity contribution in [2.24, 2.45) is 28.6 Å². The number of urea groups is 1. The fraction of sp³-hybridized carbons (Fsp3) is 0.615. The largest absolute Gasteiger partial charge is 0.338 e. The first-order chi connectivity index (χ1) is 15.6. The van der Waals surface area contributed by atoms with E-state index in [-0.39, 0.29) is 40.5 Å². The average Bonchev–Trinajstić information content (AvgIpc) is 3.10. The van der Waals surface area contributed by atoms with Crippen LogP contribution in [0.25, 0.3) is 0 Å². The van der Waals surface area contributed by atoms with Crippen LogP contribution in [-0.2, 0) is 4.79 Å². The van der Waals surface area contributed by atoms with Gasteiger partial charge < -0.3 is 15.5 Å². The molecule has 7 atom stereocenters. The number of hydrogen-bond donors (Lipinski definition) is 2. The number of fused-ring (bicyclic) bond motifs is 5. The van der Waals surface area contributed by atoms with E-state index in [1.54, 1.807) is 6.08 Å². The first kappa shape index (κ1) is 22.4. The van der Waals surface area contributed by atoms with Gasteiger partial charge in [0.1, 0.15) is 0 Å². The Morgan fingerprint density at radius 1 is 1.06 bits per heavy atom. The van der Waals surface area contributed by atoms with Crippen molar-refractivity contribution >= 4 is 17.6 Å². The second-order valence-electron chi connectivity index (χ2n) is 11.0. The summed E-state index contributed by atoms with van der Waals surface area (Å²) >= 11 is 0. The molecule has 7 heteroatoms. The van der Waals surface area contributed by atoms with Gasteiger partial charge in [-0.2, -0.15) is 0 Å². The molecule has 178 valence electrons. The number of benzene rings is 1. The molecule has 1 aromatic carbocycles. The van der Waals surface area contributed by atoms with Crippen LogP contribution in [0.5, 0.6) is 0 Å². The number of halogens is 2. The van der Waals surface area contributed by atoms with Gasteiger partial charge >= 0.3 is 6.03 Å². The molecule has 2 N–H and O–H groups in total. The van der Waals surface area contributed by atoms with Gasteiger partial charge in [0.05, 0.1) is 0 Å². The number of nitrogens with one attached hydrogen (secondary N) is 2. The van der Waals surface area contributed by atoms with E-state index >= 15 is 0 Å². The molecule has 5 rings (SSSR count). The fourth-order valence-electron chi connectivity index (χ4n) is 7.87. The van der Waals surface area contributed by atoms with Crippen LogP contribution in [0.1, 0.15) is 52.4 Å². The van der Waals surface area contributed by atoms with Crippen LogP contribution in [0.2, 0.25) is 0 Å². The maximum absolute atomic E-state index is 13.5. The summed E-state index contributed by atoms with van der Waals surface area (Å²) in [5, 5.41) is 5.80. The monoisotopic (exact) mass is 457 g/mol. The summed E-state index contributed by atoms with van der Waals surface area (Å²) in [5.74, 6) is -0.163. The van der Waals surface area contributed by atoms with Gasteiger partial charge in [-0.25, -0.2) is 13.6 Å². The van der Waals surface area contributed by atoms with Crippen molar-refractivity contribution in [3.8, 4) is 0 Å². The van der Waals surface area contributed by atoms with Crippen LogP contribution in [0.4, 0.5) is 19.3 Å². The topological polar surface area (TPSA) is 61.4 Å². The Kier molecular flexibility index (Phi) is 5.29. The lowest BCUT2D eigenvalue weighted by Gasteiger charge is -2.60. The summed E-state index contributed by atoms with van der Waals surface area (Å²) in [5.41, 5.74) is 0.252. The molecular weight excluding hydrogens is 424 g/mol. The number of hydrogen-bond acceptors (Lipinski definition) is 2. The molecule has 1 aromatic rings. The van der Waals surface area contributed by atoms with Gasteiger partial charge in [0, 0.05) is 36.3 Å². The number of carbonyl (C=O) groups excluding carboxylic acids is 2. The smallest absolute Gasteiger partial charge is 0.319 e. The van der Waals surface area contributed by atoms with Gasteiger partial charge in [-0.1, -0.05) is 19.9 Å². The van der Waals surface area contributed by atoms with E-state index in [1.807, 2.05) is 11.9 Å². The molecule has 3 aliphatic carbocycles. The predicted octanol–water partition coefficient (Wildman–Crippen LogP) is 5.09. The van der Waals surface area contributed by atoms with Crippen molar-refractivity contribution in [1.82, 2.24) is 10.2 Å². The number of rotatable bonds is 2. The van der Waals surface area contributed by atoms with Gasteiger partial charge in [-0.15, -0.1) is 0 Å². The Hall–Kier alpha value is -2.44. The molecule has 5 nitrogen and oxygen atoms in total.